The van der Waals surface area contributed by atoms with Gasteiger partial charge in [0, 0.05) is 6.92 Å². The molecule has 0 rings (SSSR count). The molecular weight excluding hydrogens is 314 g/mol. The van der Waals surface area contributed by atoms with Crippen LogP contribution < -0.4 is 5.32 Å². The lowest BCUT2D eigenvalue weighted by molar-refractivity contribution is -0.168. The molecule has 0 spiro atoms. The summed E-state index contributed by atoms with van der Waals surface area (Å²) < 4.78 is 9.96. The molecule has 0 bridgehead atoms. The molecule has 1 unspecified atom stereocenters. The average molecular weight is 345 g/mol. The maximum absolute atomic E-state index is 12.0. The number of rotatable bonds is 10. The molecule has 0 aliphatic heterocycles. The number of carboxylic acids is 1. The first-order chi connectivity index (χ1) is 11.0. The summed E-state index contributed by atoms with van der Waals surface area (Å²) in [4.78, 5) is 34.6. The van der Waals surface area contributed by atoms with Crippen molar-refractivity contribution in [1.29, 1.82) is 0 Å². The Labute approximate surface area is 144 Å². The van der Waals surface area contributed by atoms with Crippen molar-refractivity contribution >= 4 is 18.0 Å². The van der Waals surface area contributed by atoms with Crippen molar-refractivity contribution in [3.63, 3.8) is 0 Å². The summed E-state index contributed by atoms with van der Waals surface area (Å²) in [7, 11) is 0. The van der Waals surface area contributed by atoms with Gasteiger partial charge in [-0.25, -0.2) is 4.79 Å². The van der Waals surface area contributed by atoms with Crippen LogP contribution in [-0.2, 0) is 19.1 Å². The molecule has 0 aliphatic rings. The topological polar surface area (TPSA) is 102 Å². The van der Waals surface area contributed by atoms with Crippen molar-refractivity contribution in [2.24, 2.45) is 11.8 Å². The monoisotopic (exact) mass is 345 g/mol. The number of carbonyl (C=O) groups is 3. The molecular formula is C17H31NO6. The van der Waals surface area contributed by atoms with Gasteiger partial charge < -0.3 is 19.9 Å². The van der Waals surface area contributed by atoms with Gasteiger partial charge in [-0.05, 0) is 19.3 Å². The van der Waals surface area contributed by atoms with Gasteiger partial charge in [-0.1, -0.05) is 40.5 Å². The molecule has 3 atom stereocenters. The van der Waals surface area contributed by atoms with Crippen molar-refractivity contribution in [3.05, 3.63) is 0 Å². The maximum Gasteiger partial charge on any atom is 0.410 e. The first-order valence-corrected chi connectivity index (χ1v) is 8.40. The van der Waals surface area contributed by atoms with E-state index in [1.807, 2.05) is 6.92 Å². The van der Waals surface area contributed by atoms with Crippen LogP contribution in [0, 0.1) is 11.8 Å². The van der Waals surface area contributed by atoms with Crippen LogP contribution in [-0.4, -0.2) is 35.0 Å². The van der Waals surface area contributed by atoms with Gasteiger partial charge in [0.1, 0.15) is 0 Å². The van der Waals surface area contributed by atoms with Gasteiger partial charge in [-0.15, -0.1) is 0 Å². The lowest BCUT2D eigenvalue weighted by Gasteiger charge is -2.32. The standard InChI is InChI=1S/C17H31NO6/c1-7-8-12(4)9-17(6,10-14(19)20)18-16(22)24-13(5)23-15(21)11(2)3/h11-13H,7-10H2,1-6H3,(H,18,22)(H,19,20)/t12?,13-,17+/m0/s1. The minimum Gasteiger partial charge on any atom is -0.481 e. The van der Waals surface area contributed by atoms with Crippen LogP contribution in [0.1, 0.15) is 67.2 Å². The fourth-order valence-corrected chi connectivity index (χ4v) is 2.62. The highest BCUT2D eigenvalue weighted by Gasteiger charge is 2.32. The maximum atomic E-state index is 12.0. The highest BCUT2D eigenvalue weighted by Crippen LogP contribution is 2.24. The van der Waals surface area contributed by atoms with Crippen LogP contribution in [0.15, 0.2) is 0 Å². The summed E-state index contributed by atoms with van der Waals surface area (Å²) >= 11 is 0. The molecule has 1 amide bonds. The predicted octanol–water partition coefficient (Wildman–Crippen LogP) is 3.32. The van der Waals surface area contributed by atoms with E-state index < -0.39 is 29.9 Å². The minimum atomic E-state index is -1.04. The number of hydrogen-bond acceptors (Lipinski definition) is 5. The van der Waals surface area contributed by atoms with Gasteiger partial charge in [-0.3, -0.25) is 9.59 Å². The lowest BCUT2D eigenvalue weighted by atomic mass is 9.85. The largest absolute Gasteiger partial charge is 0.481 e. The molecule has 0 saturated heterocycles. The summed E-state index contributed by atoms with van der Waals surface area (Å²) in [6.07, 6.45) is 0.387. The molecule has 0 aromatic carbocycles. The van der Waals surface area contributed by atoms with E-state index in [1.165, 1.54) is 6.92 Å². The Morgan fingerprint density at radius 2 is 1.71 bits per heavy atom. The molecule has 7 heteroatoms. The highest BCUT2D eigenvalue weighted by molar-refractivity contribution is 5.73. The number of carboxylic acid groups (broad SMARTS) is 1. The third-order valence-electron chi connectivity index (χ3n) is 3.55. The molecule has 140 valence electrons. The first-order valence-electron chi connectivity index (χ1n) is 8.40. The summed E-state index contributed by atoms with van der Waals surface area (Å²) in [6, 6.07) is 0. The SMILES string of the molecule is CCCC(C)C[C@](C)(CC(=O)O)NC(=O)O[C@@H](C)OC(=O)C(C)C. The summed E-state index contributed by atoms with van der Waals surface area (Å²) in [5.41, 5.74) is -0.931. The number of ether oxygens (including phenoxy) is 2. The Balaban J connectivity index is 4.74. The first kappa shape index (κ1) is 22.2. The number of carbonyl (C=O) groups excluding carboxylic acids is 2. The Hall–Kier alpha value is -1.79. The molecule has 24 heavy (non-hydrogen) atoms. The summed E-state index contributed by atoms with van der Waals surface area (Å²) in [6.45, 7) is 10.5. The Bertz CT molecular complexity index is 437. The van der Waals surface area contributed by atoms with Crippen molar-refractivity contribution in [1.82, 2.24) is 5.32 Å². The predicted molar refractivity (Wildman–Crippen MR) is 89.4 cm³/mol. The quantitative estimate of drug-likeness (QED) is 0.465. The molecule has 0 fully saturated rings. The minimum absolute atomic E-state index is 0.212. The van der Waals surface area contributed by atoms with Crippen LogP contribution in [0.25, 0.3) is 0 Å². The molecule has 7 nitrogen and oxygen atoms in total. The lowest BCUT2D eigenvalue weighted by Crippen LogP contribution is -2.49. The fraction of sp³-hybridized carbons (Fsp3) is 0.824. The number of amides is 1. The summed E-state index contributed by atoms with van der Waals surface area (Å²) in [5.74, 6) is -1.54. The van der Waals surface area contributed by atoms with E-state index in [1.54, 1.807) is 20.8 Å². The second-order valence-electron chi connectivity index (χ2n) is 6.92. The summed E-state index contributed by atoms with van der Waals surface area (Å²) in [5, 5.41) is 11.7. The van der Waals surface area contributed by atoms with Crippen LogP contribution in [0.2, 0.25) is 0 Å². The van der Waals surface area contributed by atoms with Crippen LogP contribution in [0.4, 0.5) is 4.79 Å². The van der Waals surface area contributed by atoms with E-state index in [-0.39, 0.29) is 18.3 Å². The van der Waals surface area contributed by atoms with E-state index in [2.05, 4.69) is 12.2 Å². The number of nitrogens with one attached hydrogen (secondary N) is 1. The Kier molecular flexibility index (Phi) is 9.40. The second-order valence-corrected chi connectivity index (χ2v) is 6.92. The van der Waals surface area contributed by atoms with Crippen molar-refractivity contribution < 1.29 is 29.0 Å². The molecule has 0 heterocycles. The smallest absolute Gasteiger partial charge is 0.410 e. The van der Waals surface area contributed by atoms with Crippen molar-refractivity contribution in [2.45, 2.75) is 79.1 Å². The number of aliphatic carboxylic acids is 1. The van der Waals surface area contributed by atoms with Crippen LogP contribution in [0.3, 0.4) is 0 Å². The molecule has 0 aliphatic carbocycles. The average Bonchev–Trinajstić information content (AvgIpc) is 2.35. The van der Waals surface area contributed by atoms with Crippen molar-refractivity contribution in [3.8, 4) is 0 Å². The Morgan fingerprint density at radius 1 is 1.12 bits per heavy atom. The van der Waals surface area contributed by atoms with E-state index in [9.17, 15) is 14.4 Å². The van der Waals surface area contributed by atoms with E-state index in [0.717, 1.165) is 12.8 Å². The van der Waals surface area contributed by atoms with Gasteiger partial charge in [0.2, 0.25) is 6.29 Å². The van der Waals surface area contributed by atoms with Gasteiger partial charge in [0.15, 0.2) is 0 Å². The molecule has 0 aromatic rings. The van der Waals surface area contributed by atoms with Gasteiger partial charge in [0.05, 0.1) is 17.9 Å². The fourth-order valence-electron chi connectivity index (χ4n) is 2.62. The molecule has 2 N–H and O–H groups in total. The van der Waals surface area contributed by atoms with Crippen LogP contribution >= 0.6 is 0 Å². The van der Waals surface area contributed by atoms with E-state index in [4.69, 9.17) is 14.6 Å². The molecule has 0 radical (unpaired) electrons. The number of esters is 1. The Morgan fingerprint density at radius 3 is 2.17 bits per heavy atom. The van der Waals surface area contributed by atoms with E-state index in [0.29, 0.717) is 6.42 Å². The van der Waals surface area contributed by atoms with Crippen molar-refractivity contribution in [2.75, 3.05) is 0 Å². The van der Waals surface area contributed by atoms with E-state index >= 15 is 0 Å². The molecule has 0 saturated carbocycles. The van der Waals surface area contributed by atoms with Gasteiger partial charge in [-0.2, -0.15) is 0 Å². The second kappa shape index (κ2) is 10.2. The van der Waals surface area contributed by atoms with Gasteiger partial charge >= 0.3 is 18.0 Å². The third kappa shape index (κ3) is 9.37. The third-order valence-corrected chi connectivity index (χ3v) is 3.55. The van der Waals surface area contributed by atoms with Crippen LogP contribution in [0.5, 0.6) is 0 Å². The normalized spacial score (nSPS) is 16.0. The number of alkyl carbamates (subject to hydrolysis) is 1. The zero-order chi connectivity index (χ0) is 18.9. The zero-order valence-electron chi connectivity index (χ0n) is 15.5. The van der Waals surface area contributed by atoms with Gasteiger partial charge in [0.25, 0.3) is 0 Å². The highest BCUT2D eigenvalue weighted by atomic mass is 16.7. The zero-order valence-corrected chi connectivity index (χ0v) is 15.5. The molecule has 0 aromatic heterocycles. The number of hydrogen-bond donors (Lipinski definition) is 2.